The number of sulfonamides is 1. The fraction of sp³-hybridized carbons (Fsp3) is 0.333. The SMILES string of the molecule is CCCOc1ccc(/C=N\NC(=O)CN(c2cc(OC)ccc2OC)S(C)(=O)=O)cc1. The third-order valence-electron chi connectivity index (χ3n) is 4.10. The third kappa shape index (κ3) is 7.18. The van der Waals surface area contributed by atoms with Crippen molar-refractivity contribution in [2.24, 2.45) is 5.10 Å². The Labute approximate surface area is 182 Å². The summed E-state index contributed by atoms with van der Waals surface area (Å²) in [4.78, 5) is 12.4. The Morgan fingerprint density at radius 1 is 1.10 bits per heavy atom. The lowest BCUT2D eigenvalue weighted by Gasteiger charge is -2.23. The molecule has 0 radical (unpaired) electrons. The molecule has 31 heavy (non-hydrogen) atoms. The highest BCUT2D eigenvalue weighted by Crippen LogP contribution is 2.33. The quantitative estimate of drug-likeness (QED) is 0.417. The van der Waals surface area contributed by atoms with Gasteiger partial charge in [0.1, 0.15) is 23.8 Å². The highest BCUT2D eigenvalue weighted by Gasteiger charge is 2.24. The Morgan fingerprint density at radius 3 is 2.35 bits per heavy atom. The molecule has 0 aliphatic rings. The monoisotopic (exact) mass is 449 g/mol. The van der Waals surface area contributed by atoms with E-state index in [4.69, 9.17) is 14.2 Å². The van der Waals surface area contributed by atoms with Crippen molar-refractivity contribution in [3.05, 3.63) is 48.0 Å². The number of hydrazone groups is 1. The molecule has 0 aliphatic heterocycles. The molecule has 0 aliphatic carbocycles. The van der Waals surface area contributed by atoms with Crippen LogP contribution in [-0.2, 0) is 14.8 Å². The van der Waals surface area contributed by atoms with E-state index in [1.54, 1.807) is 36.4 Å². The minimum atomic E-state index is -3.79. The summed E-state index contributed by atoms with van der Waals surface area (Å²) in [5, 5.41) is 3.90. The minimum Gasteiger partial charge on any atom is -0.497 e. The van der Waals surface area contributed by atoms with Gasteiger partial charge in [-0.15, -0.1) is 0 Å². The number of nitrogens with zero attached hydrogens (tertiary/aromatic N) is 2. The zero-order chi connectivity index (χ0) is 22.9. The Hall–Kier alpha value is -3.27. The van der Waals surface area contributed by atoms with Crippen LogP contribution in [0.15, 0.2) is 47.6 Å². The molecular weight excluding hydrogens is 422 g/mol. The lowest BCUT2D eigenvalue weighted by molar-refractivity contribution is -0.119. The van der Waals surface area contributed by atoms with Gasteiger partial charge in [-0.1, -0.05) is 6.92 Å². The molecule has 0 fully saturated rings. The number of benzene rings is 2. The second kappa shape index (κ2) is 11.2. The van der Waals surface area contributed by atoms with Crippen LogP contribution in [0.3, 0.4) is 0 Å². The maximum Gasteiger partial charge on any atom is 0.260 e. The molecular formula is C21H27N3O6S. The van der Waals surface area contributed by atoms with Crippen molar-refractivity contribution in [1.82, 2.24) is 5.43 Å². The standard InChI is InChI=1S/C21H27N3O6S/c1-5-12-30-17-8-6-16(7-9-17)14-22-23-21(25)15-24(31(4,26)27)19-13-18(28-2)10-11-20(19)29-3/h6-11,13-14H,5,12,15H2,1-4H3,(H,23,25)/b22-14-. The molecule has 2 aromatic rings. The summed E-state index contributed by atoms with van der Waals surface area (Å²) in [6.45, 7) is 2.18. The summed E-state index contributed by atoms with van der Waals surface area (Å²) >= 11 is 0. The molecule has 0 unspecified atom stereocenters. The molecule has 2 aromatic carbocycles. The predicted molar refractivity (Wildman–Crippen MR) is 120 cm³/mol. The molecule has 0 aromatic heterocycles. The van der Waals surface area contributed by atoms with Crippen LogP contribution < -0.4 is 23.9 Å². The van der Waals surface area contributed by atoms with Gasteiger partial charge in [-0.3, -0.25) is 9.10 Å². The van der Waals surface area contributed by atoms with E-state index in [9.17, 15) is 13.2 Å². The van der Waals surface area contributed by atoms with Crippen molar-refractivity contribution in [2.45, 2.75) is 13.3 Å². The Bertz CT molecular complexity index is 1010. The van der Waals surface area contributed by atoms with E-state index in [0.717, 1.165) is 28.3 Å². The maximum absolute atomic E-state index is 12.4. The van der Waals surface area contributed by atoms with Crippen molar-refractivity contribution in [1.29, 1.82) is 0 Å². The van der Waals surface area contributed by atoms with Gasteiger partial charge in [0.2, 0.25) is 10.0 Å². The molecule has 9 nitrogen and oxygen atoms in total. The molecule has 168 valence electrons. The first-order chi connectivity index (χ1) is 14.8. The van der Waals surface area contributed by atoms with Crippen LogP contribution in [0.25, 0.3) is 0 Å². The van der Waals surface area contributed by atoms with Crippen molar-refractivity contribution < 1.29 is 27.4 Å². The summed E-state index contributed by atoms with van der Waals surface area (Å²) in [6.07, 6.45) is 3.38. The lowest BCUT2D eigenvalue weighted by Crippen LogP contribution is -2.39. The average molecular weight is 450 g/mol. The number of methoxy groups -OCH3 is 2. The molecule has 0 atom stereocenters. The van der Waals surface area contributed by atoms with Gasteiger partial charge in [0.05, 0.1) is 39.0 Å². The molecule has 0 heterocycles. The van der Waals surface area contributed by atoms with Crippen LogP contribution in [0.5, 0.6) is 17.2 Å². The van der Waals surface area contributed by atoms with Crippen molar-refractivity contribution in [3.8, 4) is 17.2 Å². The normalized spacial score (nSPS) is 11.2. The number of amides is 1. The number of carbonyl (C=O) groups is 1. The van der Waals surface area contributed by atoms with Crippen molar-refractivity contribution >= 4 is 27.8 Å². The largest absolute Gasteiger partial charge is 0.497 e. The first-order valence-electron chi connectivity index (χ1n) is 9.53. The van der Waals surface area contributed by atoms with Crippen LogP contribution in [0.2, 0.25) is 0 Å². The van der Waals surface area contributed by atoms with Gasteiger partial charge >= 0.3 is 0 Å². The van der Waals surface area contributed by atoms with Crippen LogP contribution in [0, 0.1) is 0 Å². The van der Waals surface area contributed by atoms with Crippen molar-refractivity contribution in [2.75, 3.05) is 37.9 Å². The molecule has 10 heteroatoms. The second-order valence-electron chi connectivity index (χ2n) is 6.52. The van der Waals surface area contributed by atoms with Crippen LogP contribution >= 0.6 is 0 Å². The van der Waals surface area contributed by atoms with E-state index in [2.05, 4.69) is 10.5 Å². The summed E-state index contributed by atoms with van der Waals surface area (Å²) in [5.41, 5.74) is 3.27. The van der Waals surface area contributed by atoms with E-state index in [-0.39, 0.29) is 11.4 Å². The third-order valence-corrected chi connectivity index (χ3v) is 5.22. The fourth-order valence-electron chi connectivity index (χ4n) is 2.59. The molecule has 0 saturated carbocycles. The van der Waals surface area contributed by atoms with Gasteiger partial charge < -0.3 is 14.2 Å². The van der Waals surface area contributed by atoms with Gasteiger partial charge in [0.15, 0.2) is 0 Å². The number of hydrogen-bond acceptors (Lipinski definition) is 7. The second-order valence-corrected chi connectivity index (χ2v) is 8.42. The lowest BCUT2D eigenvalue weighted by atomic mass is 10.2. The first-order valence-corrected chi connectivity index (χ1v) is 11.4. The number of nitrogens with one attached hydrogen (secondary N) is 1. The minimum absolute atomic E-state index is 0.186. The van der Waals surface area contributed by atoms with Gasteiger partial charge in [0, 0.05) is 6.07 Å². The zero-order valence-electron chi connectivity index (χ0n) is 18.0. The number of carbonyl (C=O) groups excluding carboxylic acids is 1. The highest BCUT2D eigenvalue weighted by atomic mass is 32.2. The number of hydrogen-bond donors (Lipinski definition) is 1. The van der Waals surface area contributed by atoms with Gasteiger partial charge in [-0.2, -0.15) is 5.10 Å². The van der Waals surface area contributed by atoms with E-state index in [0.29, 0.717) is 12.4 Å². The Kier molecular flexibility index (Phi) is 8.68. The first kappa shape index (κ1) is 24.0. The molecule has 0 spiro atoms. The molecule has 0 saturated heterocycles. The maximum atomic E-state index is 12.4. The predicted octanol–water partition coefficient (Wildman–Crippen LogP) is 2.41. The van der Waals surface area contributed by atoms with Crippen LogP contribution in [0.1, 0.15) is 18.9 Å². The number of anilines is 1. The summed E-state index contributed by atoms with van der Waals surface area (Å²) in [5.74, 6) is 0.843. The van der Waals surface area contributed by atoms with Crippen molar-refractivity contribution in [3.63, 3.8) is 0 Å². The van der Waals surface area contributed by atoms with E-state index < -0.39 is 22.5 Å². The zero-order valence-corrected chi connectivity index (χ0v) is 18.8. The summed E-state index contributed by atoms with van der Waals surface area (Å²) < 4.78 is 41.5. The van der Waals surface area contributed by atoms with Crippen LogP contribution in [0.4, 0.5) is 5.69 Å². The topological polar surface area (TPSA) is 107 Å². The molecule has 2 rings (SSSR count). The smallest absolute Gasteiger partial charge is 0.260 e. The van der Waals surface area contributed by atoms with E-state index in [1.165, 1.54) is 26.5 Å². The van der Waals surface area contributed by atoms with Gasteiger partial charge in [0.25, 0.3) is 5.91 Å². The number of rotatable bonds is 11. The highest BCUT2D eigenvalue weighted by molar-refractivity contribution is 7.92. The molecule has 1 N–H and O–H groups in total. The molecule has 1 amide bonds. The Balaban J connectivity index is 2.09. The van der Waals surface area contributed by atoms with Crippen LogP contribution in [-0.4, -0.2) is 54.2 Å². The summed E-state index contributed by atoms with van der Waals surface area (Å²) in [6, 6.07) is 11.9. The number of ether oxygens (including phenoxy) is 3. The Morgan fingerprint density at radius 2 is 1.77 bits per heavy atom. The van der Waals surface area contributed by atoms with Gasteiger partial charge in [-0.05, 0) is 48.4 Å². The van der Waals surface area contributed by atoms with E-state index >= 15 is 0 Å². The summed E-state index contributed by atoms with van der Waals surface area (Å²) in [7, 11) is -0.919. The fourth-order valence-corrected chi connectivity index (χ4v) is 3.44. The molecule has 0 bridgehead atoms. The van der Waals surface area contributed by atoms with Gasteiger partial charge in [-0.25, -0.2) is 13.8 Å². The average Bonchev–Trinajstić information content (AvgIpc) is 2.75. The van der Waals surface area contributed by atoms with E-state index in [1.807, 2.05) is 6.92 Å².